The van der Waals surface area contributed by atoms with E-state index in [2.05, 4.69) is 9.24 Å². The summed E-state index contributed by atoms with van der Waals surface area (Å²) in [6, 6.07) is 12.0. The predicted molar refractivity (Wildman–Crippen MR) is 63.0 cm³/mol. The number of hydrogen-bond donors (Lipinski definition) is 0. The molecule has 1 aromatic rings. The molecular formula is C12H19P. The van der Waals surface area contributed by atoms with Gasteiger partial charge in [0.25, 0.3) is 0 Å². The van der Waals surface area contributed by atoms with Gasteiger partial charge in [-0.25, -0.2) is 0 Å². The van der Waals surface area contributed by atoms with Crippen LogP contribution in [0.2, 0.25) is 0 Å². The molecule has 1 aliphatic carbocycles. The minimum atomic E-state index is 0.953. The van der Waals surface area contributed by atoms with Gasteiger partial charge in [0, 0.05) is 0 Å². The molecule has 1 atom stereocenters. The zero-order valence-electron chi connectivity index (χ0n) is 8.15. The highest BCUT2D eigenvalue weighted by Crippen LogP contribution is 2.23. The van der Waals surface area contributed by atoms with Gasteiger partial charge in [-0.2, -0.15) is 0 Å². The van der Waals surface area contributed by atoms with Crippen LogP contribution in [0.5, 0.6) is 0 Å². The van der Waals surface area contributed by atoms with Crippen LogP contribution in [0.1, 0.15) is 32.1 Å². The maximum atomic E-state index is 2.91. The van der Waals surface area contributed by atoms with E-state index < -0.39 is 0 Å². The van der Waals surface area contributed by atoms with Crippen LogP contribution in [-0.4, -0.2) is 5.66 Å². The molecule has 1 unspecified atom stereocenters. The first kappa shape index (κ1) is 10.7. The Balaban J connectivity index is 0.000000132. The van der Waals surface area contributed by atoms with Crippen molar-refractivity contribution in [2.75, 3.05) is 0 Å². The Kier molecular flexibility index (Phi) is 5.85. The van der Waals surface area contributed by atoms with Gasteiger partial charge in [-0.15, -0.1) is 9.24 Å². The van der Waals surface area contributed by atoms with Gasteiger partial charge in [0.05, 0.1) is 0 Å². The van der Waals surface area contributed by atoms with E-state index in [1.54, 1.807) is 0 Å². The van der Waals surface area contributed by atoms with Gasteiger partial charge < -0.3 is 0 Å². The number of benzene rings is 1. The Morgan fingerprint density at radius 1 is 0.692 bits per heavy atom. The molecule has 0 saturated heterocycles. The summed E-state index contributed by atoms with van der Waals surface area (Å²) in [4.78, 5) is 0. The van der Waals surface area contributed by atoms with Crippen molar-refractivity contribution < 1.29 is 0 Å². The smallest absolute Gasteiger partial charge is 0.0264 e. The van der Waals surface area contributed by atoms with Crippen molar-refractivity contribution >= 4 is 9.24 Å². The minimum Gasteiger partial charge on any atom is -0.134 e. The first-order chi connectivity index (χ1) is 6.39. The lowest BCUT2D eigenvalue weighted by atomic mass is 10.0. The van der Waals surface area contributed by atoms with Gasteiger partial charge in [0.1, 0.15) is 0 Å². The highest BCUT2D eigenvalue weighted by molar-refractivity contribution is 7.17. The van der Waals surface area contributed by atoms with Gasteiger partial charge in [0.2, 0.25) is 0 Å². The Morgan fingerprint density at radius 3 is 1.31 bits per heavy atom. The monoisotopic (exact) mass is 194 g/mol. The molecule has 1 saturated carbocycles. The molecule has 1 fully saturated rings. The molecule has 72 valence electrons. The van der Waals surface area contributed by atoms with Gasteiger partial charge in [-0.1, -0.05) is 55.7 Å². The summed E-state index contributed by atoms with van der Waals surface area (Å²) in [5.74, 6) is 0. The third-order valence-corrected chi connectivity index (χ3v) is 2.98. The number of rotatable bonds is 0. The van der Waals surface area contributed by atoms with Crippen molar-refractivity contribution in [2.45, 2.75) is 37.8 Å². The van der Waals surface area contributed by atoms with Crippen LogP contribution >= 0.6 is 9.24 Å². The number of hydrogen-bond acceptors (Lipinski definition) is 0. The zero-order chi connectivity index (χ0) is 9.36. The molecule has 0 aliphatic heterocycles. The molecule has 1 aromatic carbocycles. The summed E-state index contributed by atoms with van der Waals surface area (Å²) < 4.78 is 0. The highest BCUT2D eigenvalue weighted by atomic mass is 31.0. The highest BCUT2D eigenvalue weighted by Gasteiger charge is 2.06. The van der Waals surface area contributed by atoms with Crippen LogP contribution < -0.4 is 0 Å². The van der Waals surface area contributed by atoms with Crippen LogP contribution in [0.15, 0.2) is 36.4 Å². The minimum absolute atomic E-state index is 0.953. The van der Waals surface area contributed by atoms with Crippen LogP contribution in [0.3, 0.4) is 0 Å². The lowest BCUT2D eigenvalue weighted by molar-refractivity contribution is 0.516. The second-order valence-corrected chi connectivity index (χ2v) is 4.50. The largest absolute Gasteiger partial charge is 0.134 e. The summed E-state index contributed by atoms with van der Waals surface area (Å²) >= 11 is 0. The van der Waals surface area contributed by atoms with Gasteiger partial charge in [-0.3, -0.25) is 0 Å². The fourth-order valence-electron chi connectivity index (χ4n) is 1.52. The second-order valence-electron chi connectivity index (χ2n) is 3.55. The molecule has 0 N–H and O–H groups in total. The molecule has 0 heterocycles. The topological polar surface area (TPSA) is 0 Å². The van der Waals surface area contributed by atoms with Gasteiger partial charge in [-0.05, 0) is 18.5 Å². The molecule has 2 rings (SSSR count). The molecule has 1 aliphatic rings. The van der Waals surface area contributed by atoms with Crippen LogP contribution in [-0.2, 0) is 0 Å². The molecule has 13 heavy (non-hydrogen) atoms. The maximum absolute atomic E-state index is 2.91. The predicted octanol–water partition coefficient (Wildman–Crippen LogP) is 3.88. The zero-order valence-corrected chi connectivity index (χ0v) is 9.31. The fraction of sp³-hybridized carbons (Fsp3) is 0.500. The first-order valence-electron chi connectivity index (χ1n) is 5.15. The SMILES string of the molecule is PC1CCCCC1.c1ccccc1. The normalized spacial score (nSPS) is 17.3. The maximum Gasteiger partial charge on any atom is -0.0264 e. The molecular weight excluding hydrogens is 175 g/mol. The molecule has 0 aromatic heterocycles. The van der Waals surface area contributed by atoms with E-state index in [0.717, 1.165) is 5.66 Å². The van der Waals surface area contributed by atoms with Crippen molar-refractivity contribution in [3.05, 3.63) is 36.4 Å². The van der Waals surface area contributed by atoms with Crippen molar-refractivity contribution in [3.8, 4) is 0 Å². The van der Waals surface area contributed by atoms with E-state index >= 15 is 0 Å². The second kappa shape index (κ2) is 7.09. The fourth-order valence-corrected chi connectivity index (χ4v) is 1.99. The average molecular weight is 194 g/mol. The lowest BCUT2D eigenvalue weighted by Crippen LogP contribution is -2.02. The Morgan fingerprint density at radius 2 is 1.08 bits per heavy atom. The van der Waals surface area contributed by atoms with E-state index in [1.165, 1.54) is 32.1 Å². The van der Waals surface area contributed by atoms with E-state index in [0.29, 0.717) is 0 Å². The molecule has 0 spiro atoms. The molecule has 1 heteroatoms. The summed E-state index contributed by atoms with van der Waals surface area (Å²) in [5, 5.41) is 0. The Hall–Kier alpha value is -0.350. The van der Waals surface area contributed by atoms with E-state index in [1.807, 2.05) is 36.4 Å². The summed E-state index contributed by atoms with van der Waals surface area (Å²) in [7, 11) is 2.91. The Labute approximate surface area is 84.0 Å². The standard InChI is InChI=1S/C6H13P.C6H6/c7-6-4-2-1-3-5-6;1-2-4-6-5-3-1/h6H,1-5,7H2;1-6H. The molecule has 0 nitrogen and oxygen atoms in total. The third kappa shape index (κ3) is 5.82. The first-order valence-corrected chi connectivity index (χ1v) is 5.82. The third-order valence-electron chi connectivity index (χ3n) is 2.32. The van der Waals surface area contributed by atoms with Gasteiger partial charge in [0.15, 0.2) is 0 Å². The van der Waals surface area contributed by atoms with E-state index in [4.69, 9.17) is 0 Å². The van der Waals surface area contributed by atoms with Crippen LogP contribution in [0, 0.1) is 0 Å². The van der Waals surface area contributed by atoms with E-state index in [-0.39, 0.29) is 0 Å². The molecule has 0 radical (unpaired) electrons. The van der Waals surface area contributed by atoms with E-state index in [9.17, 15) is 0 Å². The average Bonchev–Trinajstić information content (AvgIpc) is 2.22. The summed E-state index contributed by atoms with van der Waals surface area (Å²) in [5.41, 5.74) is 0.953. The molecule has 0 bridgehead atoms. The lowest BCUT2D eigenvalue weighted by Gasteiger charge is -2.15. The van der Waals surface area contributed by atoms with Crippen LogP contribution in [0.4, 0.5) is 0 Å². The van der Waals surface area contributed by atoms with Gasteiger partial charge >= 0.3 is 0 Å². The quantitative estimate of drug-likeness (QED) is 0.550. The summed E-state index contributed by atoms with van der Waals surface area (Å²) in [6.07, 6.45) is 7.31. The van der Waals surface area contributed by atoms with Crippen LogP contribution in [0.25, 0.3) is 0 Å². The van der Waals surface area contributed by atoms with Crippen molar-refractivity contribution in [1.29, 1.82) is 0 Å². The Bertz CT molecular complexity index is 163. The molecule has 0 amide bonds. The summed E-state index contributed by atoms with van der Waals surface area (Å²) in [6.45, 7) is 0. The van der Waals surface area contributed by atoms with Crippen molar-refractivity contribution in [1.82, 2.24) is 0 Å². The van der Waals surface area contributed by atoms with Crippen molar-refractivity contribution in [2.24, 2.45) is 0 Å². The van der Waals surface area contributed by atoms with Crippen molar-refractivity contribution in [3.63, 3.8) is 0 Å².